The molecule has 0 radical (unpaired) electrons. The number of halogens is 1. The highest BCUT2D eigenvalue weighted by Crippen LogP contribution is 2.23. The molecular weight excluding hydrogens is 362 g/mol. The van der Waals surface area contributed by atoms with Crippen LogP contribution in [0.5, 0.6) is 0 Å². The Morgan fingerprint density at radius 3 is 1.91 bits per heavy atom. The van der Waals surface area contributed by atoms with Crippen molar-refractivity contribution in [3.63, 3.8) is 0 Å². The highest BCUT2D eigenvalue weighted by Gasteiger charge is 2.13. The van der Waals surface area contributed by atoms with E-state index in [2.05, 4.69) is 15.9 Å². The third-order valence-electron chi connectivity index (χ3n) is 3.51. The molecule has 5 heteroatoms. The Bertz CT molecular complexity index is 694. The minimum absolute atomic E-state index is 0.185. The molecule has 0 aliphatic rings. The Morgan fingerprint density at radius 2 is 1.36 bits per heavy atom. The first kappa shape index (κ1) is 17.2. The predicted molar refractivity (Wildman–Crippen MR) is 94.5 cm³/mol. The van der Waals surface area contributed by atoms with Gasteiger partial charge in [-0.3, -0.25) is 0 Å². The average molecular weight is 382 g/mol. The van der Waals surface area contributed by atoms with Crippen LogP contribution >= 0.6 is 15.9 Å². The van der Waals surface area contributed by atoms with E-state index in [9.17, 15) is 8.42 Å². The zero-order chi connectivity index (χ0) is 16.0. The van der Waals surface area contributed by atoms with Gasteiger partial charge in [0.2, 0.25) is 0 Å². The first-order chi connectivity index (χ1) is 10.5. The molecule has 0 aliphatic heterocycles. The van der Waals surface area contributed by atoms with Crippen molar-refractivity contribution in [2.45, 2.75) is 24.2 Å². The highest BCUT2D eigenvalue weighted by atomic mass is 79.9. The van der Waals surface area contributed by atoms with E-state index in [0.29, 0.717) is 17.9 Å². The molecule has 0 amide bonds. The molecule has 3 nitrogen and oxygen atoms in total. The van der Waals surface area contributed by atoms with Crippen LogP contribution in [-0.4, -0.2) is 20.7 Å². The average Bonchev–Trinajstić information content (AvgIpc) is 2.52. The molecule has 0 aromatic heterocycles. The molecule has 2 N–H and O–H groups in total. The van der Waals surface area contributed by atoms with Crippen molar-refractivity contribution in [3.05, 3.63) is 53.0 Å². The van der Waals surface area contributed by atoms with Gasteiger partial charge in [0.25, 0.3) is 0 Å². The summed E-state index contributed by atoms with van der Waals surface area (Å²) in [6.07, 6.45) is 2.39. The Labute approximate surface area is 140 Å². The van der Waals surface area contributed by atoms with Crippen LogP contribution in [-0.2, 0) is 9.84 Å². The second-order valence-electron chi connectivity index (χ2n) is 5.20. The van der Waals surface area contributed by atoms with Gasteiger partial charge in [-0.1, -0.05) is 46.6 Å². The quantitative estimate of drug-likeness (QED) is 0.736. The van der Waals surface area contributed by atoms with Gasteiger partial charge in [-0.05, 0) is 54.8 Å². The summed E-state index contributed by atoms with van der Waals surface area (Å²) in [6, 6.07) is 15.0. The molecule has 0 saturated heterocycles. The Balaban J connectivity index is 2.09. The molecule has 0 bridgehead atoms. The molecule has 22 heavy (non-hydrogen) atoms. The first-order valence-corrected chi connectivity index (χ1v) is 9.76. The summed E-state index contributed by atoms with van der Waals surface area (Å²) in [4.78, 5) is 0.390. The van der Waals surface area contributed by atoms with E-state index in [1.165, 1.54) is 0 Å². The largest absolute Gasteiger partial charge is 0.330 e. The summed E-state index contributed by atoms with van der Waals surface area (Å²) in [5.74, 6) is 0.185. The van der Waals surface area contributed by atoms with E-state index in [-0.39, 0.29) is 5.75 Å². The number of hydrogen-bond donors (Lipinski definition) is 1. The van der Waals surface area contributed by atoms with E-state index in [1.54, 1.807) is 12.1 Å². The fourth-order valence-electron chi connectivity index (χ4n) is 2.23. The van der Waals surface area contributed by atoms with Crippen molar-refractivity contribution >= 4 is 25.8 Å². The van der Waals surface area contributed by atoms with Gasteiger partial charge in [0.05, 0.1) is 10.6 Å². The van der Waals surface area contributed by atoms with Crippen molar-refractivity contribution in [2.75, 3.05) is 12.3 Å². The van der Waals surface area contributed by atoms with Crippen molar-refractivity contribution in [1.29, 1.82) is 0 Å². The number of nitrogens with two attached hydrogens (primary N) is 1. The van der Waals surface area contributed by atoms with Crippen LogP contribution in [0.1, 0.15) is 19.3 Å². The van der Waals surface area contributed by atoms with Gasteiger partial charge in [0, 0.05) is 4.47 Å². The third-order valence-corrected chi connectivity index (χ3v) is 5.85. The second kappa shape index (κ2) is 7.90. The predicted octanol–water partition coefficient (Wildman–Crippen LogP) is 4.02. The zero-order valence-electron chi connectivity index (χ0n) is 12.3. The molecule has 0 saturated carbocycles. The fraction of sp³-hybridized carbons (Fsp3) is 0.294. The van der Waals surface area contributed by atoms with Crippen LogP contribution in [0.4, 0.5) is 0 Å². The molecule has 2 aromatic rings. The fourth-order valence-corrected chi connectivity index (χ4v) is 3.86. The lowest BCUT2D eigenvalue weighted by atomic mass is 10.1. The van der Waals surface area contributed by atoms with E-state index < -0.39 is 9.84 Å². The number of unbranched alkanes of at least 4 members (excludes halogenated alkanes) is 2. The standard InChI is InChI=1S/C17H20BrNO2S/c18-16-8-4-14(5-9-16)15-6-10-17(11-7-15)22(20,21)13-3-1-2-12-19/h4-11H,1-3,12-13,19H2. The van der Waals surface area contributed by atoms with Crippen molar-refractivity contribution in [3.8, 4) is 11.1 Å². The lowest BCUT2D eigenvalue weighted by molar-refractivity contribution is 0.590. The maximum atomic E-state index is 12.3. The van der Waals surface area contributed by atoms with E-state index >= 15 is 0 Å². The molecule has 2 rings (SSSR count). The van der Waals surface area contributed by atoms with Crippen LogP contribution < -0.4 is 5.73 Å². The molecule has 0 atom stereocenters. The molecular formula is C17H20BrNO2S. The Kier molecular flexibility index (Phi) is 6.17. The lowest BCUT2D eigenvalue weighted by Gasteiger charge is -2.06. The third kappa shape index (κ3) is 4.66. The van der Waals surface area contributed by atoms with Crippen LogP contribution in [0.25, 0.3) is 11.1 Å². The van der Waals surface area contributed by atoms with E-state index in [1.807, 2.05) is 36.4 Å². The summed E-state index contributed by atoms with van der Waals surface area (Å²) in [5.41, 5.74) is 7.49. The second-order valence-corrected chi connectivity index (χ2v) is 8.22. The summed E-state index contributed by atoms with van der Waals surface area (Å²) < 4.78 is 25.5. The monoisotopic (exact) mass is 381 g/mol. The van der Waals surface area contributed by atoms with Gasteiger partial charge >= 0.3 is 0 Å². The molecule has 0 heterocycles. The van der Waals surface area contributed by atoms with Gasteiger partial charge in [-0.25, -0.2) is 8.42 Å². The zero-order valence-corrected chi connectivity index (χ0v) is 14.7. The molecule has 2 aromatic carbocycles. The van der Waals surface area contributed by atoms with Crippen LogP contribution in [0.3, 0.4) is 0 Å². The maximum absolute atomic E-state index is 12.3. The van der Waals surface area contributed by atoms with Crippen LogP contribution in [0.15, 0.2) is 57.9 Å². The first-order valence-electron chi connectivity index (χ1n) is 7.32. The van der Waals surface area contributed by atoms with Crippen LogP contribution in [0, 0.1) is 0 Å². The minimum atomic E-state index is -3.19. The SMILES string of the molecule is NCCCCCS(=O)(=O)c1ccc(-c2ccc(Br)cc2)cc1. The summed E-state index contributed by atoms with van der Waals surface area (Å²) in [7, 11) is -3.19. The number of hydrogen-bond acceptors (Lipinski definition) is 3. The van der Waals surface area contributed by atoms with Gasteiger partial charge < -0.3 is 5.73 Å². The van der Waals surface area contributed by atoms with Crippen molar-refractivity contribution < 1.29 is 8.42 Å². The van der Waals surface area contributed by atoms with Gasteiger partial charge in [-0.2, -0.15) is 0 Å². The highest BCUT2D eigenvalue weighted by molar-refractivity contribution is 9.10. The molecule has 0 unspecified atom stereocenters. The van der Waals surface area contributed by atoms with Crippen molar-refractivity contribution in [1.82, 2.24) is 0 Å². The molecule has 0 spiro atoms. The minimum Gasteiger partial charge on any atom is -0.330 e. The van der Waals surface area contributed by atoms with E-state index in [4.69, 9.17) is 5.73 Å². The Morgan fingerprint density at radius 1 is 0.818 bits per heavy atom. The topological polar surface area (TPSA) is 60.2 Å². The number of sulfone groups is 1. The van der Waals surface area contributed by atoms with Gasteiger partial charge in [0.1, 0.15) is 0 Å². The number of rotatable bonds is 7. The summed E-state index contributed by atoms with van der Waals surface area (Å²) >= 11 is 3.40. The molecule has 0 fully saturated rings. The van der Waals surface area contributed by atoms with Gasteiger partial charge in [-0.15, -0.1) is 0 Å². The normalized spacial score (nSPS) is 11.5. The maximum Gasteiger partial charge on any atom is 0.178 e. The molecule has 118 valence electrons. The van der Waals surface area contributed by atoms with Crippen LogP contribution in [0.2, 0.25) is 0 Å². The number of benzene rings is 2. The lowest BCUT2D eigenvalue weighted by Crippen LogP contribution is -2.07. The van der Waals surface area contributed by atoms with E-state index in [0.717, 1.165) is 28.4 Å². The molecule has 0 aliphatic carbocycles. The smallest absolute Gasteiger partial charge is 0.178 e. The Hall–Kier alpha value is -1.17. The van der Waals surface area contributed by atoms with Gasteiger partial charge in [0.15, 0.2) is 9.84 Å². The summed E-state index contributed by atoms with van der Waals surface area (Å²) in [6.45, 7) is 0.613. The summed E-state index contributed by atoms with van der Waals surface area (Å²) in [5, 5.41) is 0. The van der Waals surface area contributed by atoms with Crippen molar-refractivity contribution in [2.24, 2.45) is 5.73 Å².